The standard InChI is InChI=1S/C17H20N2O3S/c1-10(20)13-9-12(22-11(13)2)7-8-16(21)19-17-18-14-5-3-4-6-15(14)23-17/h9H,3-8H2,1-2H3,(H,18,19,21). The summed E-state index contributed by atoms with van der Waals surface area (Å²) in [6, 6.07) is 1.73. The Labute approximate surface area is 139 Å². The van der Waals surface area contributed by atoms with Gasteiger partial charge in [-0.2, -0.15) is 0 Å². The number of furan rings is 1. The van der Waals surface area contributed by atoms with E-state index in [2.05, 4.69) is 10.3 Å². The summed E-state index contributed by atoms with van der Waals surface area (Å²) in [5, 5.41) is 3.57. The summed E-state index contributed by atoms with van der Waals surface area (Å²) in [5.41, 5.74) is 1.73. The molecule has 2 aromatic heterocycles. The lowest BCUT2D eigenvalue weighted by atomic mass is 10.0. The molecule has 0 atom stereocenters. The summed E-state index contributed by atoms with van der Waals surface area (Å²) in [4.78, 5) is 29.3. The second-order valence-electron chi connectivity index (χ2n) is 5.88. The number of amides is 1. The van der Waals surface area contributed by atoms with Crippen LogP contribution in [0.1, 0.15) is 58.6 Å². The molecule has 0 bridgehead atoms. The largest absolute Gasteiger partial charge is 0.466 e. The fourth-order valence-corrected chi connectivity index (χ4v) is 3.91. The number of aryl methyl sites for hydroxylation is 4. The fourth-order valence-electron chi connectivity index (χ4n) is 2.84. The number of fused-ring (bicyclic) bond motifs is 1. The van der Waals surface area contributed by atoms with Crippen molar-refractivity contribution in [2.24, 2.45) is 0 Å². The smallest absolute Gasteiger partial charge is 0.226 e. The maximum absolute atomic E-state index is 12.1. The van der Waals surface area contributed by atoms with Crippen LogP contribution >= 0.6 is 11.3 Å². The van der Waals surface area contributed by atoms with Crippen LogP contribution in [-0.2, 0) is 24.1 Å². The molecule has 1 aliphatic rings. The van der Waals surface area contributed by atoms with E-state index in [4.69, 9.17) is 4.42 Å². The van der Waals surface area contributed by atoms with Gasteiger partial charge >= 0.3 is 0 Å². The molecule has 0 radical (unpaired) electrons. The number of nitrogens with one attached hydrogen (secondary N) is 1. The van der Waals surface area contributed by atoms with Gasteiger partial charge in [-0.05, 0) is 45.6 Å². The highest BCUT2D eigenvalue weighted by atomic mass is 32.1. The quantitative estimate of drug-likeness (QED) is 0.848. The molecule has 0 aromatic carbocycles. The van der Waals surface area contributed by atoms with Crippen LogP contribution in [0.2, 0.25) is 0 Å². The lowest BCUT2D eigenvalue weighted by molar-refractivity contribution is -0.116. The summed E-state index contributed by atoms with van der Waals surface area (Å²) in [7, 11) is 0. The summed E-state index contributed by atoms with van der Waals surface area (Å²) in [5.74, 6) is 1.19. The second kappa shape index (κ2) is 6.66. The van der Waals surface area contributed by atoms with Crippen molar-refractivity contribution < 1.29 is 14.0 Å². The van der Waals surface area contributed by atoms with E-state index in [-0.39, 0.29) is 11.7 Å². The topological polar surface area (TPSA) is 72.2 Å². The van der Waals surface area contributed by atoms with Crippen molar-refractivity contribution in [1.29, 1.82) is 0 Å². The molecule has 5 nitrogen and oxygen atoms in total. The summed E-state index contributed by atoms with van der Waals surface area (Å²) in [6.45, 7) is 3.28. The molecule has 6 heteroatoms. The van der Waals surface area contributed by atoms with Crippen molar-refractivity contribution in [1.82, 2.24) is 4.98 Å². The molecule has 1 N–H and O–H groups in total. The maximum atomic E-state index is 12.1. The molecular weight excluding hydrogens is 312 g/mol. The van der Waals surface area contributed by atoms with Crippen molar-refractivity contribution in [2.45, 2.75) is 52.4 Å². The SMILES string of the molecule is CC(=O)c1cc(CCC(=O)Nc2nc3c(s2)CCCC3)oc1C. The van der Waals surface area contributed by atoms with Crippen LogP contribution in [0, 0.1) is 6.92 Å². The Bertz CT molecular complexity index is 722. The number of hydrogen-bond donors (Lipinski definition) is 1. The number of Topliss-reactive ketones (excluding diaryl/α,β-unsaturated/α-hetero) is 1. The van der Waals surface area contributed by atoms with Crippen molar-refractivity contribution in [2.75, 3.05) is 5.32 Å². The van der Waals surface area contributed by atoms with Crippen molar-refractivity contribution >= 4 is 28.2 Å². The Morgan fingerprint density at radius 1 is 1.35 bits per heavy atom. The molecular formula is C17H20N2O3S. The van der Waals surface area contributed by atoms with Gasteiger partial charge in [-0.3, -0.25) is 9.59 Å². The minimum Gasteiger partial charge on any atom is -0.466 e. The van der Waals surface area contributed by atoms with E-state index in [1.165, 1.54) is 24.6 Å². The Balaban J connectivity index is 1.56. The van der Waals surface area contributed by atoms with Crippen LogP contribution in [0.25, 0.3) is 0 Å². The normalized spacial score (nSPS) is 13.7. The first kappa shape index (κ1) is 15.9. The molecule has 1 amide bonds. The molecule has 1 aliphatic carbocycles. The number of nitrogens with zero attached hydrogens (tertiary/aromatic N) is 1. The number of thiazole rings is 1. The van der Waals surface area contributed by atoms with Gasteiger partial charge in [-0.25, -0.2) is 4.98 Å². The third-order valence-corrected chi connectivity index (χ3v) is 5.11. The molecule has 122 valence electrons. The molecule has 3 rings (SSSR count). The van der Waals surface area contributed by atoms with Crippen LogP contribution in [0.5, 0.6) is 0 Å². The average molecular weight is 332 g/mol. The predicted octanol–water partition coefficient (Wildman–Crippen LogP) is 3.70. The predicted molar refractivity (Wildman–Crippen MR) is 89.2 cm³/mol. The number of anilines is 1. The number of aromatic nitrogens is 1. The van der Waals surface area contributed by atoms with Crippen molar-refractivity contribution in [3.05, 3.63) is 33.7 Å². The van der Waals surface area contributed by atoms with Gasteiger partial charge < -0.3 is 9.73 Å². The van der Waals surface area contributed by atoms with E-state index in [9.17, 15) is 9.59 Å². The van der Waals surface area contributed by atoms with Crippen LogP contribution in [-0.4, -0.2) is 16.7 Å². The minimum atomic E-state index is -0.0745. The van der Waals surface area contributed by atoms with E-state index < -0.39 is 0 Å². The van der Waals surface area contributed by atoms with Gasteiger partial charge in [-0.15, -0.1) is 11.3 Å². The number of carbonyl (C=O) groups is 2. The molecule has 0 fully saturated rings. The molecule has 0 saturated carbocycles. The summed E-state index contributed by atoms with van der Waals surface area (Å²) < 4.78 is 5.53. The van der Waals surface area contributed by atoms with Gasteiger partial charge in [0.05, 0.1) is 11.3 Å². The average Bonchev–Trinajstić information content (AvgIpc) is 3.07. The van der Waals surface area contributed by atoms with Crippen LogP contribution in [0.15, 0.2) is 10.5 Å². The molecule has 2 heterocycles. The highest BCUT2D eigenvalue weighted by Gasteiger charge is 2.17. The number of ketones is 1. The lowest BCUT2D eigenvalue weighted by Gasteiger charge is -2.06. The van der Waals surface area contributed by atoms with Crippen molar-refractivity contribution in [3.8, 4) is 0 Å². The zero-order chi connectivity index (χ0) is 16.4. The first-order chi connectivity index (χ1) is 11.0. The van der Waals surface area contributed by atoms with Crippen LogP contribution in [0.3, 0.4) is 0 Å². The maximum Gasteiger partial charge on any atom is 0.226 e. The minimum absolute atomic E-state index is 0.0182. The van der Waals surface area contributed by atoms with Gasteiger partial charge in [0.2, 0.25) is 5.91 Å². The number of hydrogen-bond acceptors (Lipinski definition) is 5. The van der Waals surface area contributed by atoms with Gasteiger partial charge in [0.25, 0.3) is 0 Å². The molecule has 23 heavy (non-hydrogen) atoms. The Morgan fingerprint density at radius 3 is 2.83 bits per heavy atom. The number of rotatable bonds is 5. The zero-order valence-corrected chi connectivity index (χ0v) is 14.2. The van der Waals surface area contributed by atoms with Gasteiger partial charge in [-0.1, -0.05) is 0 Å². The fraction of sp³-hybridized carbons (Fsp3) is 0.471. The Hall–Kier alpha value is -1.95. The first-order valence-electron chi connectivity index (χ1n) is 7.91. The Morgan fingerprint density at radius 2 is 2.13 bits per heavy atom. The first-order valence-corrected chi connectivity index (χ1v) is 8.73. The molecule has 0 aliphatic heterocycles. The Kier molecular flexibility index (Phi) is 4.61. The van der Waals surface area contributed by atoms with E-state index in [1.807, 2.05) is 0 Å². The van der Waals surface area contributed by atoms with Crippen LogP contribution < -0.4 is 5.32 Å². The highest BCUT2D eigenvalue weighted by Crippen LogP contribution is 2.29. The third-order valence-electron chi connectivity index (χ3n) is 4.04. The third kappa shape index (κ3) is 3.69. The number of carbonyl (C=O) groups excluding carboxylic acids is 2. The summed E-state index contributed by atoms with van der Waals surface area (Å²) in [6.07, 6.45) is 5.27. The van der Waals surface area contributed by atoms with Gasteiger partial charge in [0.15, 0.2) is 10.9 Å². The van der Waals surface area contributed by atoms with E-state index in [0.717, 1.165) is 18.5 Å². The van der Waals surface area contributed by atoms with E-state index in [1.54, 1.807) is 24.3 Å². The van der Waals surface area contributed by atoms with Gasteiger partial charge in [0, 0.05) is 17.7 Å². The van der Waals surface area contributed by atoms with E-state index >= 15 is 0 Å². The molecule has 0 saturated heterocycles. The lowest BCUT2D eigenvalue weighted by Crippen LogP contribution is -2.12. The van der Waals surface area contributed by atoms with Crippen molar-refractivity contribution in [3.63, 3.8) is 0 Å². The highest BCUT2D eigenvalue weighted by molar-refractivity contribution is 7.15. The van der Waals surface area contributed by atoms with Crippen LogP contribution in [0.4, 0.5) is 5.13 Å². The molecule has 0 unspecified atom stereocenters. The zero-order valence-electron chi connectivity index (χ0n) is 13.4. The molecule has 0 spiro atoms. The van der Waals surface area contributed by atoms with E-state index in [0.29, 0.717) is 35.1 Å². The second-order valence-corrected chi connectivity index (χ2v) is 6.97. The summed E-state index contributed by atoms with van der Waals surface area (Å²) >= 11 is 1.58. The molecule has 2 aromatic rings. The van der Waals surface area contributed by atoms with Gasteiger partial charge in [0.1, 0.15) is 11.5 Å². The monoisotopic (exact) mass is 332 g/mol.